The SMILES string of the molecule is O=C(/C=C/c1cccs1)Nc1nc(-c2cc(F)ccc2F)cs1. The monoisotopic (exact) mass is 348 g/mol. The molecule has 2 heterocycles. The average molecular weight is 348 g/mol. The maximum atomic E-state index is 13.7. The van der Waals surface area contributed by atoms with E-state index < -0.39 is 11.6 Å². The Morgan fingerprint density at radius 2 is 2.09 bits per heavy atom. The van der Waals surface area contributed by atoms with Crippen molar-refractivity contribution >= 4 is 39.8 Å². The first kappa shape index (κ1) is 15.5. The lowest BCUT2D eigenvalue weighted by Crippen LogP contribution is -2.07. The molecule has 116 valence electrons. The number of hydrogen-bond donors (Lipinski definition) is 1. The molecule has 1 amide bonds. The first-order chi connectivity index (χ1) is 11.1. The van der Waals surface area contributed by atoms with Crippen LogP contribution in [0.15, 0.2) is 47.2 Å². The minimum Gasteiger partial charge on any atom is -0.298 e. The van der Waals surface area contributed by atoms with Crippen LogP contribution in [0.5, 0.6) is 0 Å². The van der Waals surface area contributed by atoms with Crippen molar-refractivity contribution in [3.8, 4) is 11.3 Å². The maximum Gasteiger partial charge on any atom is 0.250 e. The number of amides is 1. The molecule has 0 saturated carbocycles. The third-order valence-corrected chi connectivity index (χ3v) is 4.48. The standard InChI is InChI=1S/C16H10F2N2OS2/c17-10-3-5-13(18)12(8-10)14-9-23-16(19-14)20-15(21)6-4-11-2-1-7-22-11/h1-9H,(H,19,20,21)/b6-4+. The van der Waals surface area contributed by atoms with E-state index in [1.807, 2.05) is 17.5 Å². The molecule has 1 N–H and O–H groups in total. The normalized spacial score (nSPS) is 11.0. The van der Waals surface area contributed by atoms with Crippen LogP contribution in [0.25, 0.3) is 17.3 Å². The summed E-state index contributed by atoms with van der Waals surface area (Å²) in [5, 5.41) is 6.40. The van der Waals surface area contributed by atoms with E-state index in [4.69, 9.17) is 0 Å². The zero-order valence-electron chi connectivity index (χ0n) is 11.6. The van der Waals surface area contributed by atoms with Gasteiger partial charge in [-0.05, 0) is 35.7 Å². The van der Waals surface area contributed by atoms with Crippen LogP contribution in [0, 0.1) is 11.6 Å². The first-order valence-corrected chi connectivity index (χ1v) is 8.31. The van der Waals surface area contributed by atoms with Crippen molar-refractivity contribution in [1.82, 2.24) is 4.98 Å². The molecule has 0 unspecified atom stereocenters. The number of aromatic nitrogens is 1. The van der Waals surface area contributed by atoms with Crippen molar-refractivity contribution in [3.05, 3.63) is 63.7 Å². The highest BCUT2D eigenvalue weighted by Gasteiger charge is 2.11. The van der Waals surface area contributed by atoms with E-state index in [1.54, 1.807) is 11.5 Å². The molecule has 0 atom stereocenters. The van der Waals surface area contributed by atoms with Crippen molar-refractivity contribution in [2.24, 2.45) is 0 Å². The van der Waals surface area contributed by atoms with E-state index in [1.165, 1.54) is 17.4 Å². The molecular formula is C16H10F2N2OS2. The van der Waals surface area contributed by atoms with Crippen LogP contribution in [0.1, 0.15) is 4.88 Å². The number of rotatable bonds is 4. The Kier molecular flexibility index (Phi) is 4.59. The van der Waals surface area contributed by atoms with Crippen LogP contribution in [0.2, 0.25) is 0 Å². The van der Waals surface area contributed by atoms with Crippen LogP contribution in [0.3, 0.4) is 0 Å². The molecule has 0 aliphatic rings. The Hall–Kier alpha value is -2.38. The van der Waals surface area contributed by atoms with Crippen molar-refractivity contribution in [1.29, 1.82) is 0 Å². The molecule has 0 aliphatic heterocycles. The molecule has 0 aliphatic carbocycles. The van der Waals surface area contributed by atoms with Crippen molar-refractivity contribution in [3.63, 3.8) is 0 Å². The molecule has 0 radical (unpaired) electrons. The Balaban J connectivity index is 1.72. The zero-order valence-corrected chi connectivity index (χ0v) is 13.3. The van der Waals surface area contributed by atoms with Crippen LogP contribution < -0.4 is 5.32 Å². The number of thiazole rings is 1. The molecule has 23 heavy (non-hydrogen) atoms. The number of anilines is 1. The fraction of sp³-hybridized carbons (Fsp3) is 0. The molecule has 2 aromatic heterocycles. The van der Waals surface area contributed by atoms with Gasteiger partial charge in [-0.3, -0.25) is 10.1 Å². The van der Waals surface area contributed by atoms with Gasteiger partial charge in [0, 0.05) is 21.9 Å². The van der Waals surface area contributed by atoms with Crippen LogP contribution in [-0.2, 0) is 4.79 Å². The van der Waals surface area contributed by atoms with E-state index in [0.29, 0.717) is 5.13 Å². The summed E-state index contributed by atoms with van der Waals surface area (Å²) in [6.45, 7) is 0. The smallest absolute Gasteiger partial charge is 0.250 e. The number of carbonyl (C=O) groups excluding carboxylic acids is 1. The number of carbonyl (C=O) groups is 1. The molecule has 7 heteroatoms. The number of benzene rings is 1. The van der Waals surface area contributed by atoms with Crippen LogP contribution >= 0.6 is 22.7 Å². The van der Waals surface area contributed by atoms with Crippen molar-refractivity contribution in [2.75, 3.05) is 5.32 Å². The molecule has 3 rings (SSSR count). The Morgan fingerprint density at radius 3 is 2.87 bits per heavy atom. The zero-order chi connectivity index (χ0) is 16.2. The molecule has 0 fully saturated rings. The fourth-order valence-electron chi connectivity index (χ4n) is 1.84. The van der Waals surface area contributed by atoms with Gasteiger partial charge in [-0.1, -0.05) is 6.07 Å². The first-order valence-electron chi connectivity index (χ1n) is 6.55. The van der Waals surface area contributed by atoms with Crippen molar-refractivity contribution < 1.29 is 13.6 Å². The Bertz CT molecular complexity index is 857. The number of hydrogen-bond acceptors (Lipinski definition) is 4. The third-order valence-electron chi connectivity index (χ3n) is 2.88. The van der Waals surface area contributed by atoms with Crippen molar-refractivity contribution in [2.45, 2.75) is 0 Å². The van der Waals surface area contributed by atoms with Gasteiger partial charge in [0.1, 0.15) is 11.6 Å². The molecule has 0 saturated heterocycles. The van der Waals surface area contributed by atoms with Gasteiger partial charge in [0.15, 0.2) is 5.13 Å². The van der Waals surface area contributed by atoms with E-state index in [9.17, 15) is 13.6 Å². The van der Waals surface area contributed by atoms with Gasteiger partial charge >= 0.3 is 0 Å². The van der Waals surface area contributed by atoms with Gasteiger partial charge in [-0.25, -0.2) is 13.8 Å². The second-order valence-corrected chi connectivity index (χ2v) is 6.34. The van der Waals surface area contributed by atoms with E-state index in [2.05, 4.69) is 10.3 Å². The minimum absolute atomic E-state index is 0.0656. The molecule has 3 aromatic rings. The summed E-state index contributed by atoms with van der Waals surface area (Å²) in [6, 6.07) is 6.95. The molecule has 0 bridgehead atoms. The predicted octanol–water partition coefficient (Wildman–Crippen LogP) is 4.80. The lowest BCUT2D eigenvalue weighted by molar-refractivity contribution is -0.111. The van der Waals surface area contributed by atoms with E-state index in [0.717, 1.165) is 34.4 Å². The lowest BCUT2D eigenvalue weighted by Gasteiger charge is -1.99. The highest BCUT2D eigenvalue weighted by Crippen LogP contribution is 2.27. The molecule has 1 aromatic carbocycles. The summed E-state index contributed by atoms with van der Waals surface area (Å²) >= 11 is 2.67. The van der Waals surface area contributed by atoms with Gasteiger partial charge in [-0.15, -0.1) is 22.7 Å². The Labute approximate surface area is 138 Å². The fourth-order valence-corrected chi connectivity index (χ4v) is 3.17. The summed E-state index contributed by atoms with van der Waals surface area (Å²) in [5.74, 6) is -1.44. The molecular weight excluding hydrogens is 338 g/mol. The highest BCUT2D eigenvalue weighted by molar-refractivity contribution is 7.14. The lowest BCUT2D eigenvalue weighted by atomic mass is 10.1. The van der Waals surface area contributed by atoms with Gasteiger partial charge < -0.3 is 0 Å². The summed E-state index contributed by atoms with van der Waals surface area (Å²) in [4.78, 5) is 16.9. The summed E-state index contributed by atoms with van der Waals surface area (Å²) in [6.07, 6.45) is 3.09. The molecule has 3 nitrogen and oxygen atoms in total. The number of nitrogens with one attached hydrogen (secondary N) is 1. The topological polar surface area (TPSA) is 42.0 Å². The number of nitrogens with zero attached hydrogens (tertiary/aromatic N) is 1. The second kappa shape index (κ2) is 6.80. The quantitative estimate of drug-likeness (QED) is 0.688. The summed E-state index contributed by atoms with van der Waals surface area (Å²) in [7, 11) is 0. The van der Waals surface area contributed by atoms with Crippen LogP contribution in [-0.4, -0.2) is 10.9 Å². The largest absolute Gasteiger partial charge is 0.298 e. The average Bonchev–Trinajstić information content (AvgIpc) is 3.19. The van der Waals surface area contributed by atoms with Crippen LogP contribution in [0.4, 0.5) is 13.9 Å². The highest BCUT2D eigenvalue weighted by atomic mass is 32.1. The number of halogens is 2. The minimum atomic E-state index is -0.563. The van der Waals surface area contributed by atoms with Gasteiger partial charge in [0.05, 0.1) is 5.69 Å². The van der Waals surface area contributed by atoms with Gasteiger partial charge in [0.25, 0.3) is 0 Å². The van der Waals surface area contributed by atoms with Gasteiger partial charge in [0.2, 0.25) is 5.91 Å². The summed E-state index contributed by atoms with van der Waals surface area (Å²) in [5.41, 5.74) is 0.348. The van der Waals surface area contributed by atoms with E-state index >= 15 is 0 Å². The predicted molar refractivity (Wildman–Crippen MR) is 89.4 cm³/mol. The van der Waals surface area contributed by atoms with E-state index in [-0.39, 0.29) is 17.2 Å². The third kappa shape index (κ3) is 3.88. The summed E-state index contributed by atoms with van der Waals surface area (Å²) < 4.78 is 26.9. The molecule has 0 spiro atoms. The Morgan fingerprint density at radius 1 is 1.22 bits per heavy atom. The second-order valence-electron chi connectivity index (χ2n) is 4.50. The number of thiophene rings is 1. The maximum absolute atomic E-state index is 13.7. The van der Waals surface area contributed by atoms with Gasteiger partial charge in [-0.2, -0.15) is 0 Å².